The highest BCUT2D eigenvalue weighted by Gasteiger charge is 2.21. The zero-order chi connectivity index (χ0) is 20.8. The van der Waals surface area contributed by atoms with Crippen molar-refractivity contribution < 1.29 is 16.8 Å². The summed E-state index contributed by atoms with van der Waals surface area (Å²) >= 11 is 0. The van der Waals surface area contributed by atoms with Crippen molar-refractivity contribution in [2.24, 2.45) is 0 Å². The number of para-hydroxylation sites is 2. The van der Waals surface area contributed by atoms with Gasteiger partial charge in [0.05, 0.1) is 28.2 Å². The van der Waals surface area contributed by atoms with Crippen molar-refractivity contribution in [1.82, 2.24) is 29.8 Å². The first-order valence-corrected chi connectivity index (χ1v) is 12.2. The average molecular weight is 432 g/mol. The molecule has 0 saturated carbocycles. The SMILES string of the molecule is CS(=O)(=O)c1ccc(-n2nnnc2Cn2c(S(C)(=O)=O)nc3ccccc32)cc1. The Morgan fingerprint density at radius 1 is 0.897 bits per heavy atom. The van der Waals surface area contributed by atoms with Gasteiger partial charge in [-0.2, -0.15) is 4.68 Å². The Kier molecular flexibility index (Phi) is 4.46. The monoisotopic (exact) mass is 432 g/mol. The van der Waals surface area contributed by atoms with Crippen LogP contribution in [0.15, 0.2) is 58.6 Å². The minimum Gasteiger partial charge on any atom is -0.307 e. The normalized spacial score (nSPS) is 12.5. The first kappa shape index (κ1) is 19.2. The Morgan fingerprint density at radius 3 is 2.24 bits per heavy atom. The fraction of sp³-hybridized carbons (Fsp3) is 0.176. The average Bonchev–Trinajstić information content (AvgIpc) is 3.26. The van der Waals surface area contributed by atoms with Gasteiger partial charge in [-0.3, -0.25) is 0 Å². The lowest BCUT2D eigenvalue weighted by atomic mass is 10.3. The summed E-state index contributed by atoms with van der Waals surface area (Å²) in [5.74, 6) is 0.366. The largest absolute Gasteiger partial charge is 0.307 e. The van der Waals surface area contributed by atoms with E-state index in [0.29, 0.717) is 22.5 Å². The van der Waals surface area contributed by atoms with Gasteiger partial charge >= 0.3 is 0 Å². The van der Waals surface area contributed by atoms with Crippen LogP contribution in [0.5, 0.6) is 0 Å². The summed E-state index contributed by atoms with van der Waals surface area (Å²) in [4.78, 5) is 4.41. The molecule has 0 unspecified atom stereocenters. The second kappa shape index (κ2) is 6.74. The number of hydrogen-bond donors (Lipinski definition) is 0. The number of tetrazole rings is 1. The molecule has 0 bridgehead atoms. The van der Waals surface area contributed by atoms with Crippen molar-refractivity contribution in [3.8, 4) is 5.69 Å². The van der Waals surface area contributed by atoms with E-state index in [9.17, 15) is 16.8 Å². The van der Waals surface area contributed by atoms with E-state index in [2.05, 4.69) is 20.5 Å². The van der Waals surface area contributed by atoms with Gasteiger partial charge in [-0.1, -0.05) is 12.1 Å². The molecule has 150 valence electrons. The number of fused-ring (bicyclic) bond motifs is 1. The molecule has 0 radical (unpaired) electrons. The molecule has 12 heteroatoms. The molecule has 2 heterocycles. The fourth-order valence-corrected chi connectivity index (χ4v) is 4.43. The molecule has 4 rings (SSSR count). The Balaban J connectivity index is 1.80. The molecule has 0 spiro atoms. The van der Waals surface area contributed by atoms with Crippen LogP contribution >= 0.6 is 0 Å². The van der Waals surface area contributed by atoms with Gasteiger partial charge in [0.2, 0.25) is 15.0 Å². The predicted octanol–water partition coefficient (Wildman–Crippen LogP) is 0.867. The zero-order valence-electron chi connectivity index (χ0n) is 15.5. The van der Waals surface area contributed by atoms with Crippen LogP contribution in [0.4, 0.5) is 0 Å². The molecule has 10 nitrogen and oxygen atoms in total. The Hall–Kier alpha value is -3.12. The van der Waals surface area contributed by atoms with Crippen LogP contribution in [0.25, 0.3) is 16.7 Å². The molecule has 0 aliphatic rings. The minimum absolute atomic E-state index is 0.0593. The highest BCUT2D eigenvalue weighted by molar-refractivity contribution is 7.90. The molecule has 2 aromatic carbocycles. The molecule has 0 aliphatic heterocycles. The maximum Gasteiger partial charge on any atom is 0.228 e. The Bertz CT molecular complexity index is 1420. The van der Waals surface area contributed by atoms with E-state index < -0.39 is 19.7 Å². The number of nitrogens with zero attached hydrogens (tertiary/aromatic N) is 6. The van der Waals surface area contributed by atoms with Gasteiger partial charge in [-0.05, 0) is 46.8 Å². The van der Waals surface area contributed by atoms with Crippen molar-refractivity contribution >= 4 is 30.7 Å². The summed E-state index contributed by atoms with van der Waals surface area (Å²) in [5.41, 5.74) is 1.72. The van der Waals surface area contributed by atoms with Crippen LogP contribution < -0.4 is 0 Å². The molecule has 0 N–H and O–H groups in total. The van der Waals surface area contributed by atoms with Crippen LogP contribution in [0.1, 0.15) is 5.82 Å². The van der Waals surface area contributed by atoms with E-state index in [1.165, 1.54) is 21.4 Å². The summed E-state index contributed by atoms with van der Waals surface area (Å²) in [5, 5.41) is 11.6. The van der Waals surface area contributed by atoms with E-state index in [4.69, 9.17) is 0 Å². The van der Waals surface area contributed by atoms with Gasteiger partial charge < -0.3 is 4.57 Å². The van der Waals surface area contributed by atoms with E-state index in [1.807, 2.05) is 0 Å². The molecule has 4 aromatic rings. The first-order valence-electron chi connectivity index (χ1n) is 8.38. The summed E-state index contributed by atoms with van der Waals surface area (Å²) in [6.07, 6.45) is 2.22. The van der Waals surface area contributed by atoms with Gasteiger partial charge in [-0.25, -0.2) is 21.8 Å². The van der Waals surface area contributed by atoms with Gasteiger partial charge in [0.1, 0.15) is 0 Å². The van der Waals surface area contributed by atoms with Crippen molar-refractivity contribution in [2.45, 2.75) is 16.6 Å². The Labute approximate surface area is 166 Å². The predicted molar refractivity (Wildman–Crippen MR) is 104 cm³/mol. The third-order valence-corrected chi connectivity index (χ3v) is 6.40. The van der Waals surface area contributed by atoms with Gasteiger partial charge in [0.15, 0.2) is 15.7 Å². The maximum atomic E-state index is 12.2. The first-order chi connectivity index (χ1) is 13.6. The van der Waals surface area contributed by atoms with Crippen LogP contribution in [0.3, 0.4) is 0 Å². The molecule has 0 amide bonds. The minimum atomic E-state index is -3.59. The van der Waals surface area contributed by atoms with Gasteiger partial charge in [0.25, 0.3) is 0 Å². The van der Waals surface area contributed by atoms with Crippen molar-refractivity contribution in [1.29, 1.82) is 0 Å². The molecule has 0 saturated heterocycles. The number of imidazole rings is 1. The summed E-state index contributed by atoms with van der Waals surface area (Å²) in [7, 11) is -6.92. The molecule has 0 fully saturated rings. The van der Waals surface area contributed by atoms with Crippen LogP contribution in [0.2, 0.25) is 0 Å². The topological polar surface area (TPSA) is 130 Å². The zero-order valence-corrected chi connectivity index (χ0v) is 17.1. The van der Waals surface area contributed by atoms with Crippen molar-refractivity contribution in [3.05, 3.63) is 54.4 Å². The number of sulfone groups is 2. The fourth-order valence-electron chi connectivity index (χ4n) is 2.97. The Morgan fingerprint density at radius 2 is 1.59 bits per heavy atom. The number of benzene rings is 2. The molecule has 29 heavy (non-hydrogen) atoms. The molecular weight excluding hydrogens is 416 g/mol. The van der Waals surface area contributed by atoms with E-state index in [1.54, 1.807) is 36.4 Å². The molecule has 0 aliphatic carbocycles. The lowest BCUT2D eigenvalue weighted by Crippen LogP contribution is -2.14. The summed E-state index contributed by atoms with van der Waals surface area (Å²) in [6.45, 7) is 0.0593. The van der Waals surface area contributed by atoms with E-state index in [0.717, 1.165) is 12.5 Å². The van der Waals surface area contributed by atoms with Crippen LogP contribution in [-0.2, 0) is 26.2 Å². The molecule has 2 aromatic heterocycles. The quantitative estimate of drug-likeness (QED) is 0.454. The highest BCUT2D eigenvalue weighted by Crippen LogP contribution is 2.21. The number of aromatic nitrogens is 6. The number of hydrogen-bond acceptors (Lipinski definition) is 8. The van der Waals surface area contributed by atoms with E-state index >= 15 is 0 Å². The number of rotatable bonds is 5. The lowest BCUT2D eigenvalue weighted by Gasteiger charge is -2.09. The third-order valence-electron chi connectivity index (χ3n) is 4.29. The second-order valence-electron chi connectivity index (χ2n) is 6.51. The van der Waals surface area contributed by atoms with Crippen molar-refractivity contribution in [2.75, 3.05) is 12.5 Å². The summed E-state index contributed by atoms with van der Waals surface area (Å²) < 4.78 is 50.7. The van der Waals surface area contributed by atoms with E-state index in [-0.39, 0.29) is 16.6 Å². The van der Waals surface area contributed by atoms with Gasteiger partial charge in [-0.15, -0.1) is 5.10 Å². The standard InChI is InChI=1S/C17H16N6O4S2/c1-28(24,25)13-9-7-12(8-10-13)23-16(19-20-21-23)11-22-15-6-4-3-5-14(15)18-17(22)29(2,26)27/h3-10H,11H2,1-2H3. The molecular formula is C17H16N6O4S2. The summed E-state index contributed by atoms with van der Waals surface area (Å²) in [6, 6.07) is 13.2. The van der Waals surface area contributed by atoms with Crippen LogP contribution in [0, 0.1) is 0 Å². The second-order valence-corrected chi connectivity index (χ2v) is 10.4. The lowest BCUT2D eigenvalue weighted by molar-refractivity contribution is 0.576. The van der Waals surface area contributed by atoms with Crippen LogP contribution in [-0.4, -0.2) is 59.1 Å². The smallest absolute Gasteiger partial charge is 0.228 e. The third kappa shape index (κ3) is 3.63. The molecule has 0 atom stereocenters. The van der Waals surface area contributed by atoms with Gasteiger partial charge in [0, 0.05) is 12.5 Å². The maximum absolute atomic E-state index is 12.2. The van der Waals surface area contributed by atoms with Crippen molar-refractivity contribution in [3.63, 3.8) is 0 Å². The highest BCUT2D eigenvalue weighted by atomic mass is 32.2.